The molecule has 0 spiro atoms. The lowest BCUT2D eigenvalue weighted by Gasteiger charge is -2.20. The molecule has 18 heavy (non-hydrogen) atoms. The number of carbonyl (C=O) groups is 1. The van der Waals surface area contributed by atoms with Gasteiger partial charge in [0, 0.05) is 17.8 Å². The maximum absolute atomic E-state index is 12.0. The Hall–Kier alpha value is -0.580. The summed E-state index contributed by atoms with van der Waals surface area (Å²) in [4.78, 5) is 15.0. The lowest BCUT2D eigenvalue weighted by atomic mass is 10.2. The third-order valence-corrected chi connectivity index (χ3v) is 4.02. The average molecular weight is 289 g/mol. The van der Waals surface area contributed by atoms with Gasteiger partial charge in [0.15, 0.2) is 0 Å². The minimum atomic E-state index is 0.221. The highest BCUT2D eigenvalue weighted by Crippen LogP contribution is 2.23. The standard InChI is InChI=1S/C13H21ClN2OS/c1-2-16(10-11-7-8-12(14)18-11)13(17)6-4-3-5-9-15/h7-8H,2-6,9-10,15H2,1H3. The molecule has 0 aromatic carbocycles. The molecular weight excluding hydrogens is 268 g/mol. The van der Waals surface area contributed by atoms with Gasteiger partial charge in [-0.1, -0.05) is 18.0 Å². The molecule has 102 valence electrons. The van der Waals surface area contributed by atoms with Gasteiger partial charge >= 0.3 is 0 Å². The lowest BCUT2D eigenvalue weighted by molar-refractivity contribution is -0.131. The first-order chi connectivity index (χ1) is 8.67. The number of nitrogens with two attached hydrogens (primary N) is 1. The largest absolute Gasteiger partial charge is 0.338 e. The van der Waals surface area contributed by atoms with E-state index in [0.29, 0.717) is 19.5 Å². The quantitative estimate of drug-likeness (QED) is 0.746. The third-order valence-electron chi connectivity index (χ3n) is 2.80. The van der Waals surface area contributed by atoms with Crippen molar-refractivity contribution in [2.24, 2.45) is 5.73 Å². The number of halogens is 1. The Morgan fingerprint density at radius 2 is 2.17 bits per heavy atom. The number of unbranched alkanes of at least 4 members (excludes halogenated alkanes) is 2. The molecule has 0 fully saturated rings. The maximum Gasteiger partial charge on any atom is 0.222 e. The van der Waals surface area contributed by atoms with Crippen molar-refractivity contribution in [2.45, 2.75) is 39.2 Å². The molecule has 0 saturated carbocycles. The van der Waals surface area contributed by atoms with Crippen LogP contribution in [0.15, 0.2) is 12.1 Å². The van der Waals surface area contributed by atoms with Crippen molar-refractivity contribution in [2.75, 3.05) is 13.1 Å². The zero-order valence-corrected chi connectivity index (χ0v) is 12.4. The predicted molar refractivity (Wildman–Crippen MR) is 77.9 cm³/mol. The molecule has 1 heterocycles. The van der Waals surface area contributed by atoms with Crippen LogP contribution in [0.25, 0.3) is 0 Å². The minimum Gasteiger partial charge on any atom is -0.338 e. The van der Waals surface area contributed by atoms with Crippen molar-refractivity contribution in [3.63, 3.8) is 0 Å². The number of amides is 1. The van der Waals surface area contributed by atoms with E-state index >= 15 is 0 Å². The Kier molecular flexibility index (Phi) is 7.32. The van der Waals surface area contributed by atoms with E-state index in [1.807, 2.05) is 24.0 Å². The molecule has 0 bridgehead atoms. The lowest BCUT2D eigenvalue weighted by Crippen LogP contribution is -2.29. The second kappa shape index (κ2) is 8.51. The van der Waals surface area contributed by atoms with E-state index in [-0.39, 0.29) is 5.91 Å². The van der Waals surface area contributed by atoms with Crippen molar-refractivity contribution in [3.8, 4) is 0 Å². The summed E-state index contributed by atoms with van der Waals surface area (Å²) in [5, 5.41) is 0. The second-order valence-corrected chi connectivity index (χ2v) is 6.01. The summed E-state index contributed by atoms with van der Waals surface area (Å²) in [5.74, 6) is 0.221. The topological polar surface area (TPSA) is 46.3 Å². The van der Waals surface area contributed by atoms with Gasteiger partial charge in [-0.05, 0) is 38.4 Å². The molecule has 0 aliphatic carbocycles. The van der Waals surface area contributed by atoms with Crippen LogP contribution < -0.4 is 5.73 Å². The van der Waals surface area contributed by atoms with Crippen molar-refractivity contribution in [3.05, 3.63) is 21.3 Å². The summed E-state index contributed by atoms with van der Waals surface area (Å²) in [5.41, 5.74) is 5.43. The number of hydrogen-bond donors (Lipinski definition) is 1. The maximum atomic E-state index is 12.0. The van der Waals surface area contributed by atoms with Crippen molar-refractivity contribution < 1.29 is 4.79 Å². The molecule has 5 heteroatoms. The normalized spacial score (nSPS) is 10.6. The van der Waals surface area contributed by atoms with Crippen LogP contribution in [0.5, 0.6) is 0 Å². The molecule has 0 aliphatic heterocycles. The molecule has 0 saturated heterocycles. The fraction of sp³-hybridized carbons (Fsp3) is 0.615. The van der Waals surface area contributed by atoms with Crippen molar-refractivity contribution in [1.29, 1.82) is 0 Å². The fourth-order valence-corrected chi connectivity index (χ4v) is 2.86. The van der Waals surface area contributed by atoms with Crippen LogP contribution in [0.4, 0.5) is 0 Å². The molecule has 0 atom stereocenters. The number of carbonyl (C=O) groups excluding carboxylic acids is 1. The highest BCUT2D eigenvalue weighted by molar-refractivity contribution is 7.16. The molecule has 1 aromatic rings. The first-order valence-corrected chi connectivity index (χ1v) is 7.59. The number of thiophene rings is 1. The zero-order valence-electron chi connectivity index (χ0n) is 10.8. The summed E-state index contributed by atoms with van der Waals surface area (Å²) in [7, 11) is 0. The van der Waals surface area contributed by atoms with Crippen molar-refractivity contribution in [1.82, 2.24) is 4.90 Å². The molecule has 3 nitrogen and oxygen atoms in total. The SMILES string of the molecule is CCN(Cc1ccc(Cl)s1)C(=O)CCCCCN. The molecule has 0 radical (unpaired) electrons. The van der Waals surface area contributed by atoms with Gasteiger partial charge in [-0.3, -0.25) is 4.79 Å². The summed E-state index contributed by atoms with van der Waals surface area (Å²) in [6, 6.07) is 3.86. The van der Waals surface area contributed by atoms with Crippen LogP contribution in [0.2, 0.25) is 4.34 Å². The first-order valence-electron chi connectivity index (χ1n) is 6.39. The number of rotatable bonds is 8. The van der Waals surface area contributed by atoms with E-state index in [2.05, 4.69) is 0 Å². The molecule has 1 amide bonds. The molecule has 0 unspecified atom stereocenters. The van der Waals surface area contributed by atoms with E-state index in [1.165, 1.54) is 11.3 Å². The summed E-state index contributed by atoms with van der Waals surface area (Å²) in [6.07, 6.45) is 3.58. The zero-order chi connectivity index (χ0) is 13.4. The Labute approximate surface area is 118 Å². The molecule has 0 aliphatic rings. The molecule has 2 N–H and O–H groups in total. The minimum absolute atomic E-state index is 0.221. The Morgan fingerprint density at radius 1 is 1.39 bits per heavy atom. The number of hydrogen-bond acceptors (Lipinski definition) is 3. The van der Waals surface area contributed by atoms with Crippen LogP contribution in [-0.2, 0) is 11.3 Å². The highest BCUT2D eigenvalue weighted by atomic mass is 35.5. The van der Waals surface area contributed by atoms with E-state index in [1.54, 1.807) is 0 Å². The molecule has 1 rings (SSSR count). The van der Waals surface area contributed by atoms with E-state index in [0.717, 1.165) is 35.0 Å². The van der Waals surface area contributed by atoms with Crippen LogP contribution in [0, 0.1) is 0 Å². The van der Waals surface area contributed by atoms with Crippen LogP contribution in [0.3, 0.4) is 0 Å². The summed E-state index contributed by atoms with van der Waals surface area (Å²) >= 11 is 7.42. The summed E-state index contributed by atoms with van der Waals surface area (Å²) < 4.78 is 0.774. The Bertz CT molecular complexity index is 368. The monoisotopic (exact) mass is 288 g/mol. The van der Waals surface area contributed by atoms with Crippen molar-refractivity contribution >= 4 is 28.8 Å². The average Bonchev–Trinajstić information content (AvgIpc) is 2.77. The Morgan fingerprint density at radius 3 is 2.72 bits per heavy atom. The predicted octanol–water partition coefficient (Wildman–Crippen LogP) is 3.27. The van der Waals surface area contributed by atoms with Gasteiger partial charge in [-0.2, -0.15) is 0 Å². The van der Waals surface area contributed by atoms with Crippen LogP contribution in [-0.4, -0.2) is 23.9 Å². The number of nitrogens with zero attached hydrogens (tertiary/aromatic N) is 1. The Balaban J connectivity index is 2.37. The van der Waals surface area contributed by atoms with E-state index < -0.39 is 0 Å². The summed E-state index contributed by atoms with van der Waals surface area (Å²) in [6.45, 7) is 4.13. The second-order valence-electron chi connectivity index (χ2n) is 4.21. The van der Waals surface area contributed by atoms with Gasteiger partial charge in [0.25, 0.3) is 0 Å². The molecular formula is C13H21ClN2OS. The van der Waals surface area contributed by atoms with Crippen LogP contribution >= 0.6 is 22.9 Å². The first kappa shape index (κ1) is 15.5. The third kappa shape index (κ3) is 5.38. The van der Waals surface area contributed by atoms with Gasteiger partial charge in [0.05, 0.1) is 10.9 Å². The fourth-order valence-electron chi connectivity index (χ4n) is 1.76. The van der Waals surface area contributed by atoms with Crippen LogP contribution in [0.1, 0.15) is 37.5 Å². The molecule has 1 aromatic heterocycles. The van der Waals surface area contributed by atoms with Gasteiger partial charge < -0.3 is 10.6 Å². The van der Waals surface area contributed by atoms with E-state index in [9.17, 15) is 4.79 Å². The highest BCUT2D eigenvalue weighted by Gasteiger charge is 2.12. The van der Waals surface area contributed by atoms with E-state index in [4.69, 9.17) is 17.3 Å². The van der Waals surface area contributed by atoms with Gasteiger partial charge in [-0.25, -0.2) is 0 Å². The smallest absolute Gasteiger partial charge is 0.222 e. The van der Waals surface area contributed by atoms with Gasteiger partial charge in [0.2, 0.25) is 5.91 Å². The van der Waals surface area contributed by atoms with Gasteiger partial charge in [-0.15, -0.1) is 11.3 Å². The van der Waals surface area contributed by atoms with Gasteiger partial charge in [0.1, 0.15) is 0 Å².